The third-order valence-corrected chi connectivity index (χ3v) is 6.73. The minimum atomic E-state index is -0.919. The highest BCUT2D eigenvalue weighted by molar-refractivity contribution is 6.62. The number of esters is 1. The highest BCUT2D eigenvalue weighted by atomic mass is 19.1. The SMILES string of the molecule is CCOC(=O)[C@@H]1C[C@H]1c1ccc(NCc2cc(B3OC(C)(C)C(C)(C)O3)c(F)cc2F)nc1. The van der Waals surface area contributed by atoms with E-state index in [1.54, 1.807) is 19.2 Å². The van der Waals surface area contributed by atoms with Crippen molar-refractivity contribution < 1.29 is 27.6 Å². The molecule has 1 aromatic carbocycles. The maximum Gasteiger partial charge on any atom is 0.497 e. The lowest BCUT2D eigenvalue weighted by molar-refractivity contribution is -0.144. The normalized spacial score (nSPS) is 22.8. The number of pyridine rings is 1. The molecule has 176 valence electrons. The molecule has 2 aromatic rings. The zero-order valence-corrected chi connectivity index (χ0v) is 19.6. The molecular formula is C24H29BF2N2O4. The molecule has 9 heteroatoms. The van der Waals surface area contributed by atoms with E-state index in [1.807, 2.05) is 33.8 Å². The molecule has 0 amide bonds. The first-order valence-electron chi connectivity index (χ1n) is 11.2. The summed E-state index contributed by atoms with van der Waals surface area (Å²) < 4.78 is 45.9. The van der Waals surface area contributed by atoms with Crippen LogP contribution in [0.25, 0.3) is 0 Å². The molecule has 0 spiro atoms. The van der Waals surface area contributed by atoms with Gasteiger partial charge in [-0.25, -0.2) is 13.8 Å². The largest absolute Gasteiger partial charge is 0.497 e. The Labute approximate surface area is 193 Å². The van der Waals surface area contributed by atoms with Gasteiger partial charge in [-0.05, 0) is 58.6 Å². The summed E-state index contributed by atoms with van der Waals surface area (Å²) in [4.78, 5) is 16.2. The molecule has 2 fully saturated rings. The van der Waals surface area contributed by atoms with Crippen molar-refractivity contribution >= 4 is 24.4 Å². The Hall–Kier alpha value is -2.52. The summed E-state index contributed by atoms with van der Waals surface area (Å²) in [6, 6.07) is 5.97. The number of hydrogen-bond acceptors (Lipinski definition) is 6. The molecule has 1 N–H and O–H groups in total. The van der Waals surface area contributed by atoms with Crippen molar-refractivity contribution in [2.45, 2.75) is 64.7 Å². The quantitative estimate of drug-likeness (QED) is 0.501. The van der Waals surface area contributed by atoms with Crippen molar-refractivity contribution in [3.05, 3.63) is 53.2 Å². The van der Waals surface area contributed by atoms with Crippen molar-refractivity contribution in [3.8, 4) is 0 Å². The number of aromatic nitrogens is 1. The predicted octanol–water partition coefficient (Wildman–Crippen LogP) is 3.94. The van der Waals surface area contributed by atoms with E-state index in [0.29, 0.717) is 12.4 Å². The van der Waals surface area contributed by atoms with E-state index in [1.165, 1.54) is 6.07 Å². The van der Waals surface area contributed by atoms with Gasteiger partial charge in [0.2, 0.25) is 0 Å². The molecule has 1 saturated carbocycles. The molecule has 0 unspecified atom stereocenters. The predicted molar refractivity (Wildman–Crippen MR) is 121 cm³/mol. The second-order valence-electron chi connectivity index (χ2n) is 9.58. The molecule has 1 aliphatic heterocycles. The van der Waals surface area contributed by atoms with Crippen LogP contribution in [0.3, 0.4) is 0 Å². The lowest BCUT2D eigenvalue weighted by Crippen LogP contribution is -2.41. The molecular weight excluding hydrogens is 429 g/mol. The summed E-state index contributed by atoms with van der Waals surface area (Å²) in [5, 5.41) is 3.07. The third kappa shape index (κ3) is 4.75. The standard InChI is InChI=1S/C24H29BF2N2O4/c1-6-31-22(30)17-10-16(17)14-7-8-21(28-12-14)29-13-15-9-18(20(27)11-19(15)26)25-32-23(2,3)24(4,5)33-25/h7-9,11-12,16-17H,6,10,13H2,1-5H3,(H,28,29)/t16-,17+/m0/s1. The first-order valence-corrected chi connectivity index (χ1v) is 11.2. The molecule has 4 rings (SSSR count). The van der Waals surface area contributed by atoms with E-state index >= 15 is 0 Å². The van der Waals surface area contributed by atoms with Gasteiger partial charge in [-0.2, -0.15) is 0 Å². The van der Waals surface area contributed by atoms with Crippen LogP contribution in [-0.2, 0) is 25.4 Å². The van der Waals surface area contributed by atoms with Crippen LogP contribution in [0.5, 0.6) is 0 Å². The van der Waals surface area contributed by atoms with Gasteiger partial charge in [0.15, 0.2) is 0 Å². The molecule has 0 radical (unpaired) electrons. The number of hydrogen-bond donors (Lipinski definition) is 1. The molecule has 1 aromatic heterocycles. The maximum absolute atomic E-state index is 14.5. The minimum absolute atomic E-state index is 0.104. The van der Waals surface area contributed by atoms with Gasteiger partial charge in [-0.3, -0.25) is 4.79 Å². The van der Waals surface area contributed by atoms with Crippen LogP contribution in [0.2, 0.25) is 0 Å². The average Bonchev–Trinajstić information content (AvgIpc) is 3.50. The second-order valence-corrected chi connectivity index (χ2v) is 9.58. The van der Waals surface area contributed by atoms with Crippen LogP contribution < -0.4 is 10.8 Å². The van der Waals surface area contributed by atoms with Gasteiger partial charge in [-0.15, -0.1) is 0 Å². The monoisotopic (exact) mass is 458 g/mol. The highest BCUT2D eigenvalue weighted by Gasteiger charge is 2.52. The Kier molecular flexibility index (Phi) is 6.22. The second kappa shape index (κ2) is 8.68. The van der Waals surface area contributed by atoms with Crippen molar-refractivity contribution in [2.75, 3.05) is 11.9 Å². The molecule has 2 aliphatic rings. The number of carbonyl (C=O) groups excluding carboxylic acids is 1. The summed E-state index contributed by atoms with van der Waals surface area (Å²) in [6.07, 6.45) is 2.47. The lowest BCUT2D eigenvalue weighted by atomic mass is 9.77. The Morgan fingerprint density at radius 2 is 1.88 bits per heavy atom. The fourth-order valence-electron chi connectivity index (χ4n) is 3.89. The van der Waals surface area contributed by atoms with E-state index in [9.17, 15) is 13.6 Å². The molecule has 6 nitrogen and oxygen atoms in total. The first-order chi connectivity index (χ1) is 15.5. The zero-order valence-electron chi connectivity index (χ0n) is 19.6. The van der Waals surface area contributed by atoms with E-state index in [-0.39, 0.29) is 35.4 Å². The van der Waals surface area contributed by atoms with Crippen molar-refractivity contribution in [1.29, 1.82) is 0 Å². The van der Waals surface area contributed by atoms with Gasteiger partial charge in [0.05, 0.1) is 23.7 Å². The number of carbonyl (C=O) groups is 1. The zero-order chi connectivity index (χ0) is 24.0. The van der Waals surface area contributed by atoms with Crippen LogP contribution in [0.4, 0.5) is 14.6 Å². The van der Waals surface area contributed by atoms with Crippen LogP contribution in [0, 0.1) is 17.6 Å². The Morgan fingerprint density at radius 3 is 2.48 bits per heavy atom. The summed E-state index contributed by atoms with van der Waals surface area (Å²) in [7, 11) is -0.919. The Bertz CT molecular complexity index is 1030. The summed E-state index contributed by atoms with van der Waals surface area (Å²) >= 11 is 0. The number of benzene rings is 1. The van der Waals surface area contributed by atoms with Gasteiger partial charge < -0.3 is 19.4 Å². The van der Waals surface area contributed by atoms with E-state index < -0.39 is 30.0 Å². The van der Waals surface area contributed by atoms with E-state index in [0.717, 1.165) is 18.1 Å². The average molecular weight is 458 g/mol. The van der Waals surface area contributed by atoms with Gasteiger partial charge >= 0.3 is 13.1 Å². The number of nitrogens with one attached hydrogen (secondary N) is 1. The first kappa shape index (κ1) is 23.6. The van der Waals surface area contributed by atoms with Gasteiger partial charge in [0.1, 0.15) is 17.5 Å². The van der Waals surface area contributed by atoms with Crippen LogP contribution >= 0.6 is 0 Å². The van der Waals surface area contributed by atoms with Gasteiger partial charge in [-0.1, -0.05) is 12.1 Å². The molecule has 0 bridgehead atoms. The summed E-state index contributed by atoms with van der Waals surface area (Å²) in [6.45, 7) is 9.79. The maximum atomic E-state index is 14.5. The lowest BCUT2D eigenvalue weighted by Gasteiger charge is -2.32. The topological polar surface area (TPSA) is 69.7 Å². The third-order valence-electron chi connectivity index (χ3n) is 6.73. The van der Waals surface area contributed by atoms with Crippen LogP contribution in [0.15, 0.2) is 30.5 Å². The number of nitrogens with zero attached hydrogens (tertiary/aromatic N) is 1. The highest BCUT2D eigenvalue weighted by Crippen LogP contribution is 2.48. The van der Waals surface area contributed by atoms with E-state index in [4.69, 9.17) is 14.0 Å². The van der Waals surface area contributed by atoms with Crippen LogP contribution in [-0.4, -0.2) is 35.9 Å². The number of rotatable bonds is 7. The number of anilines is 1. The number of ether oxygens (including phenoxy) is 1. The van der Waals surface area contributed by atoms with Crippen molar-refractivity contribution in [2.24, 2.45) is 5.92 Å². The fourth-order valence-corrected chi connectivity index (χ4v) is 3.89. The van der Waals surface area contributed by atoms with E-state index in [2.05, 4.69) is 10.3 Å². The number of halogens is 2. The smallest absolute Gasteiger partial charge is 0.466 e. The summed E-state index contributed by atoms with van der Waals surface area (Å²) in [5.41, 5.74) is 0.146. The van der Waals surface area contributed by atoms with Crippen molar-refractivity contribution in [3.63, 3.8) is 0 Å². The van der Waals surface area contributed by atoms with Gasteiger partial charge in [0, 0.05) is 29.8 Å². The Balaban J connectivity index is 1.42. The molecule has 2 heterocycles. The molecule has 1 saturated heterocycles. The van der Waals surface area contributed by atoms with Crippen LogP contribution in [0.1, 0.15) is 58.1 Å². The van der Waals surface area contributed by atoms with Crippen molar-refractivity contribution in [1.82, 2.24) is 4.98 Å². The molecule has 2 atom stereocenters. The molecule has 1 aliphatic carbocycles. The van der Waals surface area contributed by atoms with Gasteiger partial charge in [0.25, 0.3) is 0 Å². The summed E-state index contributed by atoms with van der Waals surface area (Å²) in [5.74, 6) is -0.970. The Morgan fingerprint density at radius 1 is 1.18 bits per heavy atom. The fraction of sp³-hybridized carbons (Fsp3) is 0.500. The molecule has 33 heavy (non-hydrogen) atoms. The minimum Gasteiger partial charge on any atom is -0.466 e.